The molecule has 0 aliphatic heterocycles. The van der Waals surface area contributed by atoms with E-state index < -0.39 is 6.08 Å². The average Bonchev–Trinajstić information content (AvgIpc) is 1.64. The molecule has 0 aromatic carbocycles. The Kier molecular flexibility index (Phi) is 1.53. The van der Waals surface area contributed by atoms with E-state index in [9.17, 15) is 4.39 Å². The zero-order valence-electron chi connectivity index (χ0n) is 3.81. The van der Waals surface area contributed by atoms with E-state index in [1.807, 2.05) is 0 Å². The lowest BCUT2D eigenvalue weighted by molar-refractivity contribution is 0.535. The van der Waals surface area contributed by atoms with Crippen LogP contribution in [-0.2, 0) is 0 Å². The molecule has 0 radical (unpaired) electrons. The second-order valence-corrected chi connectivity index (χ2v) is 1.96. The summed E-state index contributed by atoms with van der Waals surface area (Å²) in [7, 11) is 0. The zero-order chi connectivity index (χ0) is 5.98. The Bertz CT molecular complexity index is 174. The Balaban J connectivity index is 3.08. The first kappa shape index (κ1) is 5.62. The summed E-state index contributed by atoms with van der Waals surface area (Å²) >= 11 is 2.97. The smallest absolute Gasteiger partial charge is 0.211 e. The fourth-order valence-corrected chi connectivity index (χ4v) is 0.579. The summed E-state index contributed by atoms with van der Waals surface area (Å²) in [4.78, 5) is 6.54. The highest BCUT2D eigenvalue weighted by Gasteiger charge is 1.89. The molecule has 1 aromatic rings. The quantitative estimate of drug-likeness (QED) is 0.441. The van der Waals surface area contributed by atoms with Crippen LogP contribution >= 0.6 is 15.9 Å². The van der Waals surface area contributed by atoms with Crippen molar-refractivity contribution < 1.29 is 4.39 Å². The Hall–Kier alpha value is -0.510. The van der Waals surface area contributed by atoms with Crippen molar-refractivity contribution in [2.45, 2.75) is 0 Å². The third-order valence-corrected chi connectivity index (χ3v) is 1.03. The van der Waals surface area contributed by atoms with Crippen LogP contribution in [0, 0.1) is 6.08 Å². The van der Waals surface area contributed by atoms with Gasteiger partial charge >= 0.3 is 6.08 Å². The molecule has 2 nitrogen and oxygen atoms in total. The van der Waals surface area contributed by atoms with Gasteiger partial charge in [0.2, 0.25) is 0 Å². The first-order valence-electron chi connectivity index (χ1n) is 1.93. The van der Waals surface area contributed by atoms with Gasteiger partial charge in [0.15, 0.2) is 0 Å². The molecule has 1 aromatic heterocycles. The second-order valence-electron chi connectivity index (χ2n) is 1.15. The Labute approximate surface area is 53.9 Å². The lowest BCUT2D eigenvalue weighted by Gasteiger charge is -1.84. The van der Waals surface area contributed by atoms with Crippen molar-refractivity contribution in [1.29, 1.82) is 0 Å². The molecule has 0 aliphatic carbocycles. The zero-order valence-corrected chi connectivity index (χ0v) is 5.39. The molecule has 0 bridgehead atoms. The molecule has 0 amide bonds. The van der Waals surface area contributed by atoms with E-state index in [0.717, 1.165) is 0 Å². The molecule has 0 N–H and O–H groups in total. The molecule has 1 rings (SSSR count). The standard InChI is InChI=1S/C4H2BrFN2/c5-3-1-2-7-4(6)8-3/h1-2H. The number of halogens is 2. The second kappa shape index (κ2) is 2.17. The molecule has 0 saturated heterocycles. The third-order valence-electron chi connectivity index (χ3n) is 0.592. The van der Waals surface area contributed by atoms with Gasteiger partial charge in [-0.3, -0.25) is 0 Å². The summed E-state index contributed by atoms with van der Waals surface area (Å²) in [6.07, 6.45) is 0.631. The van der Waals surface area contributed by atoms with Gasteiger partial charge in [0, 0.05) is 6.20 Å². The van der Waals surface area contributed by atoms with Gasteiger partial charge in [0.05, 0.1) is 0 Å². The maximum absolute atomic E-state index is 11.9. The number of rotatable bonds is 0. The van der Waals surface area contributed by atoms with Gasteiger partial charge in [-0.05, 0) is 22.0 Å². The lowest BCUT2D eigenvalue weighted by atomic mass is 10.7. The molecule has 0 atom stereocenters. The topological polar surface area (TPSA) is 25.8 Å². The normalized spacial score (nSPS) is 9.25. The fourth-order valence-electron chi connectivity index (χ4n) is 0.315. The molecule has 0 aliphatic rings. The van der Waals surface area contributed by atoms with Crippen LogP contribution in [0.3, 0.4) is 0 Å². The van der Waals surface area contributed by atoms with Crippen LogP contribution < -0.4 is 0 Å². The highest BCUT2D eigenvalue weighted by atomic mass is 79.9. The van der Waals surface area contributed by atoms with Crippen molar-refractivity contribution in [3.63, 3.8) is 0 Å². The van der Waals surface area contributed by atoms with Crippen molar-refractivity contribution >= 4 is 15.9 Å². The number of nitrogens with zero attached hydrogens (tertiary/aromatic N) is 2. The van der Waals surface area contributed by atoms with E-state index in [0.29, 0.717) is 4.60 Å². The van der Waals surface area contributed by atoms with E-state index in [-0.39, 0.29) is 0 Å². The molecule has 0 fully saturated rings. The van der Waals surface area contributed by atoms with Gasteiger partial charge in [-0.1, -0.05) is 0 Å². The third kappa shape index (κ3) is 1.23. The molecule has 42 valence electrons. The van der Waals surface area contributed by atoms with Crippen LogP contribution in [0.25, 0.3) is 0 Å². The van der Waals surface area contributed by atoms with Crippen LogP contribution in [-0.4, -0.2) is 9.97 Å². The molecular weight excluding hydrogens is 175 g/mol. The summed E-state index contributed by atoms with van der Waals surface area (Å²) in [5, 5.41) is 0. The van der Waals surface area contributed by atoms with Crippen LogP contribution in [0.15, 0.2) is 16.9 Å². The fraction of sp³-hybridized carbons (Fsp3) is 0. The predicted molar refractivity (Wildman–Crippen MR) is 29.7 cm³/mol. The molecule has 0 unspecified atom stereocenters. The monoisotopic (exact) mass is 176 g/mol. The highest BCUT2D eigenvalue weighted by molar-refractivity contribution is 9.10. The minimum absolute atomic E-state index is 0.463. The van der Waals surface area contributed by atoms with Crippen LogP contribution in [0.2, 0.25) is 0 Å². The van der Waals surface area contributed by atoms with Gasteiger partial charge in [0.1, 0.15) is 4.60 Å². The van der Waals surface area contributed by atoms with Gasteiger partial charge in [-0.15, -0.1) is 0 Å². The van der Waals surface area contributed by atoms with E-state index in [2.05, 4.69) is 25.9 Å². The number of hydrogen-bond donors (Lipinski definition) is 0. The average molecular weight is 177 g/mol. The molecule has 8 heavy (non-hydrogen) atoms. The van der Waals surface area contributed by atoms with E-state index in [4.69, 9.17) is 0 Å². The van der Waals surface area contributed by atoms with Crippen LogP contribution in [0.1, 0.15) is 0 Å². The molecule has 0 spiro atoms. The summed E-state index contributed by atoms with van der Waals surface area (Å²) in [5.41, 5.74) is 0. The predicted octanol–water partition coefficient (Wildman–Crippen LogP) is 1.38. The molecule has 1 heterocycles. The van der Waals surface area contributed by atoms with E-state index in [1.165, 1.54) is 6.20 Å². The molecular formula is C4H2BrFN2. The summed E-state index contributed by atoms with van der Waals surface area (Å²) < 4.78 is 12.4. The summed E-state index contributed by atoms with van der Waals surface area (Å²) in [6, 6.07) is 1.56. The highest BCUT2D eigenvalue weighted by Crippen LogP contribution is 2.01. The number of aromatic nitrogens is 2. The SMILES string of the molecule is Fc1nccc(Br)n1. The molecule has 4 heteroatoms. The number of hydrogen-bond acceptors (Lipinski definition) is 2. The van der Waals surface area contributed by atoms with Crippen molar-refractivity contribution in [3.05, 3.63) is 22.9 Å². The largest absolute Gasteiger partial charge is 0.309 e. The van der Waals surface area contributed by atoms with Gasteiger partial charge in [-0.25, -0.2) is 4.98 Å². The summed E-state index contributed by atoms with van der Waals surface area (Å²) in [5.74, 6) is 0. The van der Waals surface area contributed by atoms with Crippen molar-refractivity contribution in [2.24, 2.45) is 0 Å². The maximum Gasteiger partial charge on any atom is 0.309 e. The first-order valence-corrected chi connectivity index (χ1v) is 2.72. The lowest BCUT2D eigenvalue weighted by Crippen LogP contribution is -1.85. The molecule has 0 saturated carbocycles. The van der Waals surface area contributed by atoms with Crippen molar-refractivity contribution in [3.8, 4) is 0 Å². The van der Waals surface area contributed by atoms with Crippen LogP contribution in [0.5, 0.6) is 0 Å². The van der Waals surface area contributed by atoms with Crippen molar-refractivity contribution in [1.82, 2.24) is 9.97 Å². The Morgan fingerprint density at radius 2 is 2.38 bits per heavy atom. The van der Waals surface area contributed by atoms with Crippen LogP contribution in [0.4, 0.5) is 4.39 Å². The first-order chi connectivity index (χ1) is 3.79. The van der Waals surface area contributed by atoms with E-state index >= 15 is 0 Å². The van der Waals surface area contributed by atoms with Gasteiger partial charge < -0.3 is 0 Å². The Morgan fingerprint density at radius 1 is 1.62 bits per heavy atom. The Morgan fingerprint density at radius 3 is 2.75 bits per heavy atom. The van der Waals surface area contributed by atoms with Gasteiger partial charge in [0.25, 0.3) is 0 Å². The minimum Gasteiger partial charge on any atom is -0.211 e. The summed E-state index contributed by atoms with van der Waals surface area (Å²) in [6.45, 7) is 0. The maximum atomic E-state index is 11.9. The van der Waals surface area contributed by atoms with Gasteiger partial charge in [-0.2, -0.15) is 9.37 Å². The minimum atomic E-state index is -0.709. The van der Waals surface area contributed by atoms with E-state index in [1.54, 1.807) is 6.07 Å². The van der Waals surface area contributed by atoms with Crippen molar-refractivity contribution in [2.75, 3.05) is 0 Å².